The van der Waals surface area contributed by atoms with Gasteiger partial charge in [0.05, 0.1) is 0 Å². The fourth-order valence-corrected chi connectivity index (χ4v) is 1.41. The number of benzene rings is 1. The van der Waals surface area contributed by atoms with Crippen LogP contribution >= 0.6 is 10.7 Å². The average Bonchev–Trinajstić information content (AvgIpc) is 2.13. The molecule has 0 bridgehead atoms. The molecule has 0 aliphatic heterocycles. The van der Waals surface area contributed by atoms with E-state index in [1.54, 1.807) is 12.1 Å². The third-order valence-electron chi connectivity index (χ3n) is 1.39. The molecule has 78 valence electrons. The van der Waals surface area contributed by atoms with Gasteiger partial charge in [0.1, 0.15) is 12.4 Å². The molecule has 0 saturated carbocycles. The Balaban J connectivity index is 2.23. The van der Waals surface area contributed by atoms with Gasteiger partial charge in [0.2, 0.25) is 0 Å². The summed E-state index contributed by atoms with van der Waals surface area (Å²) in [6, 6.07) is 9.11. The lowest BCUT2D eigenvalue weighted by Gasteiger charge is -2.04. The van der Waals surface area contributed by atoms with Crippen LogP contribution in [-0.2, 0) is 9.24 Å². The molecule has 0 heterocycles. The predicted molar refractivity (Wildman–Crippen MR) is 54.7 cm³/mol. The van der Waals surface area contributed by atoms with Gasteiger partial charge in [0.15, 0.2) is 0 Å². The van der Waals surface area contributed by atoms with Crippen molar-refractivity contribution >= 4 is 19.9 Å². The highest BCUT2D eigenvalue weighted by Crippen LogP contribution is 2.07. The maximum Gasteiger partial charge on any atom is 0.297 e. The van der Waals surface area contributed by atoms with E-state index in [9.17, 15) is 8.42 Å². The van der Waals surface area contributed by atoms with Gasteiger partial charge in [-0.1, -0.05) is 18.2 Å². The van der Waals surface area contributed by atoms with Gasteiger partial charge in [0.25, 0.3) is 9.24 Å². The first-order valence-corrected chi connectivity index (χ1v) is 6.26. The van der Waals surface area contributed by atoms with E-state index in [-0.39, 0.29) is 13.2 Å². The SMILES string of the molecule is O=S(=O)(Cl)NCCOc1ccccc1. The molecule has 0 aromatic heterocycles. The first-order valence-electron chi connectivity index (χ1n) is 3.95. The Morgan fingerprint density at radius 3 is 2.50 bits per heavy atom. The highest BCUT2D eigenvalue weighted by molar-refractivity contribution is 8.12. The molecule has 6 heteroatoms. The molecule has 0 fully saturated rings. The maximum absolute atomic E-state index is 10.4. The van der Waals surface area contributed by atoms with Crippen molar-refractivity contribution in [3.05, 3.63) is 30.3 Å². The normalized spacial score (nSPS) is 11.2. The number of para-hydroxylation sites is 1. The molecule has 0 radical (unpaired) electrons. The molecule has 0 atom stereocenters. The Labute approximate surface area is 87.4 Å². The van der Waals surface area contributed by atoms with Gasteiger partial charge in [-0.25, -0.2) is 0 Å². The Hall–Kier alpha value is -0.780. The summed E-state index contributed by atoms with van der Waals surface area (Å²) in [6.45, 7) is 0.399. The molecular weight excluding hydrogens is 226 g/mol. The highest BCUT2D eigenvalue weighted by Gasteiger charge is 2.01. The van der Waals surface area contributed by atoms with E-state index >= 15 is 0 Å². The van der Waals surface area contributed by atoms with Crippen LogP contribution in [0.25, 0.3) is 0 Å². The van der Waals surface area contributed by atoms with Crippen molar-refractivity contribution in [1.29, 1.82) is 0 Å². The van der Waals surface area contributed by atoms with E-state index in [1.807, 2.05) is 18.2 Å². The van der Waals surface area contributed by atoms with E-state index < -0.39 is 9.24 Å². The third-order valence-corrected chi connectivity index (χ3v) is 2.26. The van der Waals surface area contributed by atoms with Crippen LogP contribution in [0.1, 0.15) is 0 Å². The van der Waals surface area contributed by atoms with Gasteiger partial charge in [-0.05, 0) is 12.1 Å². The first kappa shape index (κ1) is 11.3. The van der Waals surface area contributed by atoms with Crippen LogP contribution in [0.15, 0.2) is 30.3 Å². The van der Waals surface area contributed by atoms with Crippen molar-refractivity contribution < 1.29 is 13.2 Å². The Kier molecular flexibility index (Phi) is 4.19. The van der Waals surface area contributed by atoms with Crippen LogP contribution in [0.2, 0.25) is 0 Å². The van der Waals surface area contributed by atoms with Crippen LogP contribution in [0.4, 0.5) is 0 Å². The molecule has 1 rings (SSSR count). The number of hydrogen-bond acceptors (Lipinski definition) is 3. The first-order chi connectivity index (χ1) is 6.58. The van der Waals surface area contributed by atoms with Gasteiger partial charge in [-0.2, -0.15) is 13.1 Å². The molecule has 1 N–H and O–H groups in total. The van der Waals surface area contributed by atoms with E-state index in [4.69, 9.17) is 15.4 Å². The summed E-state index contributed by atoms with van der Waals surface area (Å²) in [5.74, 6) is 0.696. The summed E-state index contributed by atoms with van der Waals surface area (Å²) in [5, 5.41) is 0. The average molecular weight is 236 g/mol. The van der Waals surface area contributed by atoms with Crippen molar-refractivity contribution in [2.24, 2.45) is 0 Å². The number of rotatable bonds is 5. The summed E-state index contributed by atoms with van der Waals surface area (Å²) >= 11 is 0. The largest absolute Gasteiger partial charge is 0.492 e. The van der Waals surface area contributed by atoms with E-state index in [2.05, 4.69) is 4.72 Å². The lowest BCUT2D eigenvalue weighted by atomic mass is 10.3. The van der Waals surface area contributed by atoms with Gasteiger partial charge < -0.3 is 4.74 Å². The quantitative estimate of drug-likeness (QED) is 0.615. The molecular formula is C8H10ClNO3S. The highest BCUT2D eigenvalue weighted by atomic mass is 35.7. The van der Waals surface area contributed by atoms with E-state index in [1.165, 1.54) is 0 Å². The zero-order valence-electron chi connectivity index (χ0n) is 7.31. The minimum Gasteiger partial charge on any atom is -0.492 e. The van der Waals surface area contributed by atoms with Crippen LogP contribution in [0.5, 0.6) is 5.75 Å². The molecule has 14 heavy (non-hydrogen) atoms. The molecule has 0 aliphatic rings. The molecule has 1 aromatic rings. The van der Waals surface area contributed by atoms with Crippen LogP contribution in [0, 0.1) is 0 Å². The van der Waals surface area contributed by atoms with Gasteiger partial charge in [0, 0.05) is 17.2 Å². The van der Waals surface area contributed by atoms with Gasteiger partial charge >= 0.3 is 0 Å². The zero-order chi connectivity index (χ0) is 10.4. The summed E-state index contributed by atoms with van der Waals surface area (Å²) in [7, 11) is 1.28. The summed E-state index contributed by atoms with van der Waals surface area (Å²) in [5.41, 5.74) is 0. The lowest BCUT2D eigenvalue weighted by Crippen LogP contribution is -2.24. The van der Waals surface area contributed by atoms with Crippen molar-refractivity contribution in [3.8, 4) is 5.75 Å². The Morgan fingerprint density at radius 1 is 1.29 bits per heavy atom. The van der Waals surface area contributed by atoms with E-state index in [0.717, 1.165) is 0 Å². The summed E-state index contributed by atoms with van der Waals surface area (Å²) in [4.78, 5) is 0. The van der Waals surface area contributed by atoms with Crippen molar-refractivity contribution in [3.63, 3.8) is 0 Å². The zero-order valence-corrected chi connectivity index (χ0v) is 8.88. The van der Waals surface area contributed by atoms with Crippen molar-refractivity contribution in [2.45, 2.75) is 0 Å². The number of ether oxygens (including phenoxy) is 1. The fraction of sp³-hybridized carbons (Fsp3) is 0.250. The van der Waals surface area contributed by atoms with Gasteiger partial charge in [-0.3, -0.25) is 0 Å². The number of halogens is 1. The van der Waals surface area contributed by atoms with Crippen LogP contribution in [-0.4, -0.2) is 21.6 Å². The summed E-state index contributed by atoms with van der Waals surface area (Å²) in [6.07, 6.45) is 0. The Bertz CT molecular complexity index is 365. The topological polar surface area (TPSA) is 55.4 Å². The van der Waals surface area contributed by atoms with Gasteiger partial charge in [-0.15, -0.1) is 0 Å². The van der Waals surface area contributed by atoms with Crippen LogP contribution < -0.4 is 9.46 Å². The second-order valence-corrected chi connectivity index (χ2v) is 4.88. The molecule has 0 aliphatic carbocycles. The van der Waals surface area contributed by atoms with E-state index in [0.29, 0.717) is 5.75 Å². The van der Waals surface area contributed by atoms with Crippen LogP contribution in [0.3, 0.4) is 0 Å². The summed E-state index contributed by atoms with van der Waals surface area (Å²) < 4.78 is 28.2. The second-order valence-electron chi connectivity index (χ2n) is 2.49. The number of hydrogen-bond donors (Lipinski definition) is 1. The standard InChI is InChI=1S/C8H10ClNO3S/c9-14(11,12)10-6-7-13-8-4-2-1-3-5-8/h1-5,10H,6-7H2. The fourth-order valence-electron chi connectivity index (χ4n) is 0.849. The molecule has 0 unspecified atom stereocenters. The molecule has 1 aromatic carbocycles. The molecule has 0 saturated heterocycles. The molecule has 0 amide bonds. The second kappa shape index (κ2) is 5.19. The molecule has 4 nitrogen and oxygen atoms in total. The lowest BCUT2D eigenvalue weighted by molar-refractivity contribution is 0.323. The Morgan fingerprint density at radius 2 is 1.93 bits per heavy atom. The maximum atomic E-state index is 10.4. The van der Waals surface area contributed by atoms with Crippen molar-refractivity contribution in [1.82, 2.24) is 4.72 Å². The molecule has 0 spiro atoms. The number of nitrogens with one attached hydrogen (secondary N) is 1. The monoisotopic (exact) mass is 235 g/mol. The van der Waals surface area contributed by atoms with Crippen molar-refractivity contribution in [2.75, 3.05) is 13.2 Å². The minimum absolute atomic E-state index is 0.153. The smallest absolute Gasteiger partial charge is 0.297 e. The minimum atomic E-state index is -3.64. The predicted octanol–water partition coefficient (Wildman–Crippen LogP) is 1.14. The third kappa shape index (κ3) is 5.06.